The summed E-state index contributed by atoms with van der Waals surface area (Å²) in [6.07, 6.45) is 0. The summed E-state index contributed by atoms with van der Waals surface area (Å²) < 4.78 is 4.86. The molecule has 0 saturated heterocycles. The fourth-order valence-corrected chi connectivity index (χ4v) is 11.3. The molecule has 0 radical (unpaired) electrons. The molecule has 0 amide bonds. The highest BCUT2D eigenvalue weighted by Gasteiger charge is 2.37. The molecule has 0 saturated carbocycles. The second kappa shape index (κ2) is 14.2. The first-order valence-electron chi connectivity index (χ1n) is 23.2. The maximum absolute atomic E-state index is 5.44. The molecule has 0 unspecified atom stereocenters. The van der Waals surface area contributed by atoms with Crippen LogP contribution in [0.3, 0.4) is 0 Å². The van der Waals surface area contributed by atoms with E-state index in [4.69, 9.17) is 9.97 Å². The van der Waals surface area contributed by atoms with Gasteiger partial charge < -0.3 is 9.13 Å². The standard InChI is InChI=1S/C63H42N4/c1-63(2)53-31-29-39-17-9-10-22-46(39)60(53)52-37-51-48-24-13-16-28-57(48)67(59(51)38-54(52)63)45-34-42(33-43(35-45)62-64-55-26-14-11-25-49(55)61(65-62)40-18-5-3-6-19-40)41-30-32-58-50(36-41)47-23-12-15-27-56(47)66(58)44-20-7-4-8-21-44/h3-38H,1-2H3. The van der Waals surface area contributed by atoms with Crippen LogP contribution in [0, 0.1) is 0 Å². The number of benzene rings is 10. The van der Waals surface area contributed by atoms with E-state index in [1.165, 1.54) is 71.1 Å². The van der Waals surface area contributed by atoms with Gasteiger partial charge in [-0.05, 0) is 117 Å². The van der Waals surface area contributed by atoms with E-state index in [-0.39, 0.29) is 5.41 Å². The first kappa shape index (κ1) is 37.7. The third-order valence-electron chi connectivity index (χ3n) is 14.5. The summed E-state index contributed by atoms with van der Waals surface area (Å²) in [5.41, 5.74) is 18.2. The summed E-state index contributed by atoms with van der Waals surface area (Å²) in [7, 11) is 0. The van der Waals surface area contributed by atoms with Gasteiger partial charge in [-0.2, -0.15) is 0 Å². The van der Waals surface area contributed by atoms with Crippen LogP contribution in [0.1, 0.15) is 25.0 Å². The number of hydrogen-bond donors (Lipinski definition) is 0. The minimum Gasteiger partial charge on any atom is -0.309 e. The monoisotopic (exact) mass is 854 g/mol. The van der Waals surface area contributed by atoms with Crippen LogP contribution in [-0.2, 0) is 5.41 Å². The molecule has 0 N–H and O–H groups in total. The van der Waals surface area contributed by atoms with Gasteiger partial charge >= 0.3 is 0 Å². The molecule has 0 fully saturated rings. The number of nitrogens with zero attached hydrogens (tertiary/aromatic N) is 4. The van der Waals surface area contributed by atoms with Crippen molar-refractivity contribution in [3.8, 4) is 56.3 Å². The quantitative estimate of drug-likeness (QED) is 0.173. The molecule has 10 aromatic carbocycles. The van der Waals surface area contributed by atoms with Crippen LogP contribution >= 0.6 is 0 Å². The normalized spacial score (nSPS) is 13.0. The summed E-state index contributed by atoms with van der Waals surface area (Å²) in [5, 5.41) is 8.49. The average Bonchev–Trinajstić information content (AvgIpc) is 3.98. The Morgan fingerprint density at radius 2 is 0.970 bits per heavy atom. The molecule has 0 bridgehead atoms. The van der Waals surface area contributed by atoms with Gasteiger partial charge in [0.1, 0.15) is 0 Å². The van der Waals surface area contributed by atoms with Crippen molar-refractivity contribution < 1.29 is 0 Å². The van der Waals surface area contributed by atoms with E-state index < -0.39 is 0 Å². The molecule has 4 heteroatoms. The second-order valence-corrected chi connectivity index (χ2v) is 18.6. The molecule has 14 rings (SSSR count). The van der Waals surface area contributed by atoms with Gasteiger partial charge in [0.05, 0.1) is 33.3 Å². The fourth-order valence-electron chi connectivity index (χ4n) is 11.3. The summed E-state index contributed by atoms with van der Waals surface area (Å²) in [6, 6.07) is 79.5. The Labute approximate surface area is 387 Å². The Morgan fingerprint density at radius 1 is 0.358 bits per heavy atom. The predicted molar refractivity (Wildman–Crippen MR) is 280 cm³/mol. The zero-order valence-corrected chi connectivity index (χ0v) is 37.1. The molecule has 0 spiro atoms. The van der Waals surface area contributed by atoms with Crippen molar-refractivity contribution in [3.63, 3.8) is 0 Å². The lowest BCUT2D eigenvalue weighted by Crippen LogP contribution is -2.15. The third-order valence-corrected chi connectivity index (χ3v) is 14.5. The predicted octanol–water partition coefficient (Wildman–Crippen LogP) is 16.3. The van der Waals surface area contributed by atoms with E-state index in [1.54, 1.807) is 0 Å². The van der Waals surface area contributed by atoms with Crippen molar-refractivity contribution in [1.82, 2.24) is 19.1 Å². The Kier molecular flexibility index (Phi) is 8.00. The largest absolute Gasteiger partial charge is 0.309 e. The van der Waals surface area contributed by atoms with Crippen molar-refractivity contribution in [2.24, 2.45) is 0 Å². The van der Waals surface area contributed by atoms with Crippen molar-refractivity contribution in [3.05, 3.63) is 230 Å². The molecule has 4 nitrogen and oxygen atoms in total. The number of hydrogen-bond acceptors (Lipinski definition) is 2. The molecule has 3 heterocycles. The van der Waals surface area contributed by atoms with Crippen LogP contribution < -0.4 is 0 Å². The van der Waals surface area contributed by atoms with Gasteiger partial charge in [0, 0.05) is 54.8 Å². The van der Waals surface area contributed by atoms with Crippen LogP contribution in [0.4, 0.5) is 0 Å². The van der Waals surface area contributed by atoms with Crippen molar-refractivity contribution >= 4 is 65.3 Å². The van der Waals surface area contributed by atoms with E-state index >= 15 is 0 Å². The molecule has 1 aliphatic carbocycles. The zero-order valence-electron chi connectivity index (χ0n) is 37.1. The number of aromatic nitrogens is 4. The molecule has 1 aliphatic rings. The molecular formula is C63H42N4. The Morgan fingerprint density at radius 3 is 1.75 bits per heavy atom. The number of rotatable bonds is 5. The van der Waals surface area contributed by atoms with Gasteiger partial charge in [-0.3, -0.25) is 0 Å². The molecular weight excluding hydrogens is 813 g/mol. The maximum atomic E-state index is 5.44. The molecule has 3 aromatic heterocycles. The van der Waals surface area contributed by atoms with E-state index in [9.17, 15) is 0 Å². The van der Waals surface area contributed by atoms with Crippen LogP contribution in [0.15, 0.2) is 218 Å². The van der Waals surface area contributed by atoms with Gasteiger partial charge in [0.15, 0.2) is 5.82 Å². The lowest BCUT2D eigenvalue weighted by molar-refractivity contribution is 0.661. The lowest BCUT2D eigenvalue weighted by Gasteiger charge is -2.22. The smallest absolute Gasteiger partial charge is 0.160 e. The average molecular weight is 855 g/mol. The van der Waals surface area contributed by atoms with E-state index in [1.807, 2.05) is 0 Å². The van der Waals surface area contributed by atoms with Gasteiger partial charge in [-0.15, -0.1) is 0 Å². The summed E-state index contributed by atoms with van der Waals surface area (Å²) in [5.74, 6) is 0.688. The van der Waals surface area contributed by atoms with Crippen molar-refractivity contribution in [2.75, 3.05) is 0 Å². The lowest BCUT2D eigenvalue weighted by atomic mass is 9.82. The highest BCUT2D eigenvalue weighted by molar-refractivity contribution is 6.14. The second-order valence-electron chi connectivity index (χ2n) is 18.6. The Hall–Kier alpha value is -8.60. The van der Waals surface area contributed by atoms with E-state index in [0.717, 1.165) is 55.7 Å². The zero-order chi connectivity index (χ0) is 44.4. The Balaban J connectivity index is 1.05. The molecule has 314 valence electrons. The summed E-state index contributed by atoms with van der Waals surface area (Å²) in [6.45, 7) is 4.77. The minimum atomic E-state index is -0.196. The molecule has 67 heavy (non-hydrogen) atoms. The molecule has 13 aromatic rings. The molecule has 0 atom stereocenters. The van der Waals surface area contributed by atoms with Gasteiger partial charge in [-0.1, -0.05) is 159 Å². The number of fused-ring (bicyclic) bond motifs is 12. The van der Waals surface area contributed by atoms with Crippen molar-refractivity contribution in [1.29, 1.82) is 0 Å². The van der Waals surface area contributed by atoms with Crippen LogP contribution in [0.2, 0.25) is 0 Å². The van der Waals surface area contributed by atoms with E-state index in [2.05, 4.69) is 241 Å². The van der Waals surface area contributed by atoms with Crippen LogP contribution in [0.5, 0.6) is 0 Å². The summed E-state index contributed by atoms with van der Waals surface area (Å²) in [4.78, 5) is 10.8. The van der Waals surface area contributed by atoms with Crippen LogP contribution in [-0.4, -0.2) is 19.1 Å². The minimum absolute atomic E-state index is 0.196. The highest BCUT2D eigenvalue weighted by atomic mass is 15.0. The third kappa shape index (κ3) is 5.60. The molecule has 0 aliphatic heterocycles. The fraction of sp³-hybridized carbons (Fsp3) is 0.0476. The van der Waals surface area contributed by atoms with Crippen molar-refractivity contribution in [2.45, 2.75) is 19.3 Å². The van der Waals surface area contributed by atoms with Gasteiger partial charge in [-0.25, -0.2) is 9.97 Å². The first-order valence-corrected chi connectivity index (χ1v) is 23.2. The highest BCUT2D eigenvalue weighted by Crippen LogP contribution is 2.53. The Bertz CT molecular complexity index is 4170. The first-order chi connectivity index (χ1) is 33.0. The van der Waals surface area contributed by atoms with Crippen LogP contribution in [0.25, 0.3) is 122 Å². The maximum Gasteiger partial charge on any atom is 0.160 e. The van der Waals surface area contributed by atoms with E-state index in [0.29, 0.717) is 5.82 Å². The number of para-hydroxylation sites is 4. The SMILES string of the molecule is CC1(C)c2cc3c(cc2-c2c1ccc1ccccc21)c1ccccc1n3-c1cc(-c2ccc3c(c2)c2ccccc2n3-c2ccccc2)cc(-c2nc(-c3ccccc3)c3ccccc3n2)c1. The van der Waals surface area contributed by atoms with Gasteiger partial charge in [0.25, 0.3) is 0 Å². The summed E-state index contributed by atoms with van der Waals surface area (Å²) >= 11 is 0. The van der Waals surface area contributed by atoms with Gasteiger partial charge in [0.2, 0.25) is 0 Å². The topological polar surface area (TPSA) is 35.6 Å².